The van der Waals surface area contributed by atoms with Crippen LogP contribution < -0.4 is 4.72 Å². The van der Waals surface area contributed by atoms with Crippen LogP contribution in [-0.2, 0) is 10.0 Å². The largest absolute Gasteiger partial charge is 0.277 e. The number of hydrogen-bond acceptors (Lipinski definition) is 3. The number of sulfonamides is 1. The molecule has 1 aromatic carbocycles. The number of hydrogen-bond donors (Lipinski definition) is 1. The highest BCUT2D eigenvalue weighted by Crippen LogP contribution is 2.23. The van der Waals surface area contributed by atoms with Gasteiger partial charge in [-0.05, 0) is 65.2 Å². The molecule has 6 heteroatoms. The summed E-state index contributed by atoms with van der Waals surface area (Å²) in [6.45, 7) is 3.73. The third-order valence-electron chi connectivity index (χ3n) is 2.51. The van der Waals surface area contributed by atoms with Crippen molar-refractivity contribution in [3.05, 3.63) is 52.3 Å². The van der Waals surface area contributed by atoms with E-state index >= 15 is 0 Å². The summed E-state index contributed by atoms with van der Waals surface area (Å²) in [4.78, 5) is 4.23. The molecule has 1 aromatic heterocycles. The first-order chi connectivity index (χ1) is 8.88. The van der Waals surface area contributed by atoms with E-state index in [1.165, 1.54) is 0 Å². The zero-order valence-corrected chi connectivity index (χ0v) is 12.9. The van der Waals surface area contributed by atoms with Crippen molar-refractivity contribution in [1.29, 1.82) is 0 Å². The Hall–Kier alpha value is -1.40. The maximum Gasteiger partial charge on any atom is 0.261 e. The van der Waals surface area contributed by atoms with Gasteiger partial charge >= 0.3 is 0 Å². The lowest BCUT2D eigenvalue weighted by molar-refractivity contribution is 0.601. The zero-order chi connectivity index (χ0) is 14.0. The van der Waals surface area contributed by atoms with Gasteiger partial charge in [0.2, 0.25) is 0 Å². The van der Waals surface area contributed by atoms with E-state index in [2.05, 4.69) is 25.6 Å². The summed E-state index contributed by atoms with van der Waals surface area (Å²) < 4.78 is 27.6. The number of anilines is 1. The van der Waals surface area contributed by atoms with Crippen LogP contribution in [0.4, 0.5) is 5.69 Å². The summed E-state index contributed by atoms with van der Waals surface area (Å²) in [5.41, 5.74) is 2.23. The summed E-state index contributed by atoms with van der Waals surface area (Å²) in [7, 11) is -3.60. The Kier molecular flexibility index (Phi) is 3.91. The van der Waals surface area contributed by atoms with Crippen LogP contribution >= 0.6 is 15.9 Å². The fourth-order valence-corrected chi connectivity index (χ4v) is 3.49. The van der Waals surface area contributed by atoms with Crippen molar-refractivity contribution in [1.82, 2.24) is 4.98 Å². The first kappa shape index (κ1) is 14.0. The fourth-order valence-electron chi connectivity index (χ4n) is 1.75. The highest BCUT2D eigenvalue weighted by atomic mass is 79.9. The van der Waals surface area contributed by atoms with E-state index in [1.807, 2.05) is 19.9 Å². The Balaban J connectivity index is 2.41. The molecule has 0 spiro atoms. The Morgan fingerprint density at radius 2 is 1.79 bits per heavy atom. The Labute approximate surface area is 121 Å². The molecule has 4 nitrogen and oxygen atoms in total. The number of halogens is 1. The smallest absolute Gasteiger partial charge is 0.261 e. The van der Waals surface area contributed by atoms with Crippen LogP contribution in [0.3, 0.4) is 0 Å². The van der Waals surface area contributed by atoms with Gasteiger partial charge in [0.15, 0.2) is 0 Å². The molecule has 0 atom stereocenters. The Morgan fingerprint density at radius 3 is 2.37 bits per heavy atom. The van der Waals surface area contributed by atoms with E-state index in [0.717, 1.165) is 11.1 Å². The van der Waals surface area contributed by atoms with Gasteiger partial charge in [-0.1, -0.05) is 6.07 Å². The summed E-state index contributed by atoms with van der Waals surface area (Å²) in [6, 6.07) is 8.53. The molecule has 2 aromatic rings. The third-order valence-corrected chi connectivity index (χ3v) is 4.49. The second-order valence-electron chi connectivity index (χ2n) is 4.27. The summed E-state index contributed by atoms with van der Waals surface area (Å²) >= 11 is 3.21. The lowest BCUT2D eigenvalue weighted by Crippen LogP contribution is -2.14. The minimum Gasteiger partial charge on any atom is -0.277 e. The molecule has 1 heterocycles. The molecule has 2 rings (SSSR count). The Morgan fingerprint density at radius 1 is 1.16 bits per heavy atom. The summed E-state index contributed by atoms with van der Waals surface area (Å²) in [5, 5.41) is 0. The van der Waals surface area contributed by atoms with Gasteiger partial charge < -0.3 is 0 Å². The van der Waals surface area contributed by atoms with E-state index in [4.69, 9.17) is 0 Å². The van der Waals surface area contributed by atoms with Gasteiger partial charge in [-0.25, -0.2) is 13.4 Å². The highest BCUT2D eigenvalue weighted by Gasteiger charge is 2.16. The first-order valence-electron chi connectivity index (χ1n) is 5.60. The van der Waals surface area contributed by atoms with Crippen LogP contribution in [0.2, 0.25) is 0 Å². The highest BCUT2D eigenvalue weighted by molar-refractivity contribution is 9.10. The maximum atomic E-state index is 12.3. The number of pyridine rings is 1. The normalized spacial score (nSPS) is 11.3. The van der Waals surface area contributed by atoms with E-state index < -0.39 is 10.0 Å². The van der Waals surface area contributed by atoms with Gasteiger partial charge in [-0.2, -0.15) is 0 Å². The molecule has 0 unspecified atom stereocenters. The number of nitrogens with zero attached hydrogens (tertiary/aromatic N) is 1. The predicted molar refractivity (Wildman–Crippen MR) is 78.7 cm³/mol. The van der Waals surface area contributed by atoms with Gasteiger partial charge in [0.05, 0.1) is 10.6 Å². The monoisotopic (exact) mass is 340 g/mol. The molecule has 1 N–H and O–H groups in total. The van der Waals surface area contributed by atoms with Gasteiger partial charge in [-0.15, -0.1) is 0 Å². The number of aryl methyl sites for hydroxylation is 2. The molecule has 0 aliphatic rings. The van der Waals surface area contributed by atoms with E-state index in [1.54, 1.807) is 30.5 Å². The van der Waals surface area contributed by atoms with Gasteiger partial charge in [0, 0.05) is 6.20 Å². The lowest BCUT2D eigenvalue weighted by atomic mass is 10.2. The maximum absolute atomic E-state index is 12.3. The van der Waals surface area contributed by atoms with Crippen LogP contribution in [0.1, 0.15) is 11.1 Å². The van der Waals surface area contributed by atoms with Gasteiger partial charge in [0.25, 0.3) is 10.0 Å². The van der Waals surface area contributed by atoms with Crippen molar-refractivity contribution < 1.29 is 8.42 Å². The van der Waals surface area contributed by atoms with Crippen molar-refractivity contribution in [2.45, 2.75) is 18.7 Å². The molecular formula is C13H13BrN2O2S. The molecule has 100 valence electrons. The van der Waals surface area contributed by atoms with Crippen molar-refractivity contribution in [2.75, 3.05) is 4.72 Å². The quantitative estimate of drug-likeness (QED) is 0.872. The molecule has 0 amide bonds. The Bertz CT molecular complexity index is 694. The minimum absolute atomic E-state index is 0.251. The van der Waals surface area contributed by atoms with E-state index in [0.29, 0.717) is 10.3 Å². The number of rotatable bonds is 3. The van der Waals surface area contributed by atoms with Crippen LogP contribution in [0.5, 0.6) is 0 Å². The minimum atomic E-state index is -3.60. The van der Waals surface area contributed by atoms with E-state index in [9.17, 15) is 8.42 Å². The molecular weight excluding hydrogens is 328 g/mol. The molecule has 0 aliphatic heterocycles. The zero-order valence-electron chi connectivity index (χ0n) is 10.5. The SMILES string of the molecule is Cc1cc(C)cc(S(=O)(=O)Nc2cccnc2Br)c1. The summed E-state index contributed by atoms with van der Waals surface area (Å²) in [6.07, 6.45) is 1.58. The van der Waals surface area contributed by atoms with Crippen molar-refractivity contribution in [3.8, 4) is 0 Å². The molecule has 0 saturated carbocycles. The van der Waals surface area contributed by atoms with E-state index in [-0.39, 0.29) is 4.90 Å². The molecule has 19 heavy (non-hydrogen) atoms. The standard InChI is InChI=1S/C13H13BrN2O2S/c1-9-6-10(2)8-11(7-9)19(17,18)16-12-4-3-5-15-13(12)14/h3-8,16H,1-2H3. The molecule has 0 radical (unpaired) electrons. The van der Waals surface area contributed by atoms with Gasteiger partial charge in [0.1, 0.15) is 4.60 Å². The first-order valence-corrected chi connectivity index (χ1v) is 7.88. The number of benzene rings is 1. The summed E-state index contributed by atoms with van der Waals surface area (Å²) in [5.74, 6) is 0. The number of nitrogens with one attached hydrogen (secondary N) is 1. The van der Waals surface area contributed by atoms with Crippen molar-refractivity contribution in [3.63, 3.8) is 0 Å². The van der Waals surface area contributed by atoms with Gasteiger partial charge in [-0.3, -0.25) is 4.72 Å². The second-order valence-corrected chi connectivity index (χ2v) is 6.70. The average Bonchev–Trinajstić information content (AvgIpc) is 2.31. The van der Waals surface area contributed by atoms with Crippen LogP contribution in [0.25, 0.3) is 0 Å². The number of aromatic nitrogens is 1. The van der Waals surface area contributed by atoms with Crippen LogP contribution in [0, 0.1) is 13.8 Å². The van der Waals surface area contributed by atoms with Crippen molar-refractivity contribution in [2.24, 2.45) is 0 Å². The van der Waals surface area contributed by atoms with Crippen LogP contribution in [-0.4, -0.2) is 13.4 Å². The topological polar surface area (TPSA) is 59.1 Å². The van der Waals surface area contributed by atoms with Crippen LogP contribution in [0.15, 0.2) is 46.0 Å². The van der Waals surface area contributed by atoms with Crippen molar-refractivity contribution >= 4 is 31.6 Å². The third kappa shape index (κ3) is 3.33. The lowest BCUT2D eigenvalue weighted by Gasteiger charge is -2.10. The second kappa shape index (κ2) is 5.30. The molecule has 0 fully saturated rings. The fraction of sp³-hybridized carbons (Fsp3) is 0.154. The predicted octanol–water partition coefficient (Wildman–Crippen LogP) is 3.26. The average molecular weight is 341 g/mol. The molecule has 0 bridgehead atoms. The molecule has 0 aliphatic carbocycles. The molecule has 0 saturated heterocycles.